The first-order chi connectivity index (χ1) is 12.5. The number of benzene rings is 2. The quantitative estimate of drug-likeness (QED) is 0.743. The molecule has 3 rings (SSSR count). The van der Waals surface area contributed by atoms with Gasteiger partial charge in [0.15, 0.2) is 5.78 Å². The Morgan fingerprint density at radius 3 is 2.00 bits per heavy atom. The zero-order valence-corrected chi connectivity index (χ0v) is 15.1. The van der Waals surface area contributed by atoms with Gasteiger partial charge in [0.25, 0.3) is 0 Å². The van der Waals surface area contributed by atoms with E-state index >= 15 is 0 Å². The van der Waals surface area contributed by atoms with E-state index in [4.69, 9.17) is 5.11 Å². The second-order valence-electron chi connectivity index (χ2n) is 6.94. The Balaban J connectivity index is 1.67. The van der Waals surface area contributed by atoms with E-state index in [1.807, 2.05) is 12.1 Å². The average Bonchev–Trinajstić information content (AvgIpc) is 3.20. The highest BCUT2D eigenvalue weighted by atomic mass is 16.4. The summed E-state index contributed by atoms with van der Waals surface area (Å²) in [6.45, 7) is 4.62. The highest BCUT2D eigenvalue weighted by Crippen LogP contribution is 2.27. The maximum Gasteiger partial charge on any atom is 0.303 e. The minimum atomic E-state index is -0.946. The Labute approximate surface area is 154 Å². The molecule has 0 aromatic heterocycles. The van der Waals surface area contributed by atoms with Crippen LogP contribution in [0.15, 0.2) is 48.5 Å². The van der Waals surface area contributed by atoms with E-state index in [1.165, 1.54) is 31.5 Å². The van der Waals surface area contributed by atoms with Gasteiger partial charge in [0.05, 0.1) is 6.42 Å². The van der Waals surface area contributed by atoms with Gasteiger partial charge in [-0.2, -0.15) is 0 Å². The molecule has 2 aromatic carbocycles. The fourth-order valence-corrected chi connectivity index (χ4v) is 3.51. The Morgan fingerprint density at radius 1 is 0.923 bits per heavy atom. The Kier molecular flexibility index (Phi) is 5.84. The van der Waals surface area contributed by atoms with Gasteiger partial charge in [0.2, 0.25) is 0 Å². The molecule has 2 aromatic rings. The Hall–Kier alpha value is -2.46. The number of Topliss-reactive ketones (excluding diaryl/α,β-unsaturated/α-hetero) is 1. The number of carbonyl (C=O) groups is 2. The number of rotatable bonds is 7. The maximum atomic E-state index is 12.0. The van der Waals surface area contributed by atoms with Crippen LogP contribution in [0.1, 0.15) is 54.6 Å². The maximum absolute atomic E-state index is 12.0. The first kappa shape index (κ1) is 18.3. The summed E-state index contributed by atoms with van der Waals surface area (Å²) in [7, 11) is 0. The molecule has 1 atom stereocenters. The van der Waals surface area contributed by atoms with Crippen LogP contribution in [0.25, 0.3) is 11.1 Å². The van der Waals surface area contributed by atoms with Crippen molar-refractivity contribution in [2.45, 2.75) is 38.6 Å². The van der Waals surface area contributed by atoms with Crippen molar-refractivity contribution in [2.24, 2.45) is 0 Å². The number of carboxylic acids is 1. The number of carboxylic acid groups (broad SMARTS) is 1. The highest BCUT2D eigenvalue weighted by Gasteiger charge is 2.19. The SMILES string of the molecule is C[C@@H](c1ccc(-c2ccc(C(=O)CCC(=O)O)cc2)cc1)N1CCCC1. The molecule has 4 nitrogen and oxygen atoms in total. The van der Waals surface area contributed by atoms with Gasteiger partial charge in [-0.3, -0.25) is 14.5 Å². The largest absolute Gasteiger partial charge is 0.481 e. The summed E-state index contributed by atoms with van der Waals surface area (Å²) in [4.78, 5) is 25.1. The molecule has 1 heterocycles. The van der Waals surface area contributed by atoms with Crippen molar-refractivity contribution in [1.82, 2.24) is 4.90 Å². The van der Waals surface area contributed by atoms with E-state index in [2.05, 4.69) is 36.1 Å². The lowest BCUT2D eigenvalue weighted by molar-refractivity contribution is -0.136. The molecule has 0 aliphatic carbocycles. The molecule has 1 aliphatic rings. The van der Waals surface area contributed by atoms with Crippen LogP contribution in [0.5, 0.6) is 0 Å². The third kappa shape index (κ3) is 4.38. The summed E-state index contributed by atoms with van der Waals surface area (Å²) in [6.07, 6.45) is 2.49. The number of hydrogen-bond donors (Lipinski definition) is 1. The van der Waals surface area contributed by atoms with Gasteiger partial charge in [-0.25, -0.2) is 0 Å². The van der Waals surface area contributed by atoms with Gasteiger partial charge in [0.1, 0.15) is 0 Å². The molecule has 4 heteroatoms. The van der Waals surface area contributed by atoms with Gasteiger partial charge < -0.3 is 5.11 Å². The smallest absolute Gasteiger partial charge is 0.303 e. The fourth-order valence-electron chi connectivity index (χ4n) is 3.51. The molecular formula is C22H25NO3. The number of nitrogens with zero attached hydrogens (tertiary/aromatic N) is 1. The van der Waals surface area contributed by atoms with Crippen LogP contribution in [0, 0.1) is 0 Å². The van der Waals surface area contributed by atoms with Crippen LogP contribution in [0.2, 0.25) is 0 Å². The van der Waals surface area contributed by atoms with Crippen molar-refractivity contribution in [3.8, 4) is 11.1 Å². The Morgan fingerprint density at radius 2 is 1.46 bits per heavy atom. The second kappa shape index (κ2) is 8.28. The number of carbonyl (C=O) groups excluding carboxylic acids is 1. The van der Waals surface area contributed by atoms with Gasteiger partial charge in [-0.15, -0.1) is 0 Å². The molecule has 1 saturated heterocycles. The summed E-state index contributed by atoms with van der Waals surface area (Å²) in [5.41, 5.74) is 4.07. The normalized spacial score (nSPS) is 15.7. The predicted octanol–water partition coefficient (Wildman–Crippen LogP) is 4.56. The summed E-state index contributed by atoms with van der Waals surface area (Å²) >= 11 is 0. The van der Waals surface area contributed by atoms with Crippen LogP contribution in [0.3, 0.4) is 0 Å². The van der Waals surface area contributed by atoms with E-state index in [9.17, 15) is 9.59 Å². The monoisotopic (exact) mass is 351 g/mol. The summed E-state index contributed by atoms with van der Waals surface area (Å²) in [6, 6.07) is 16.5. The van der Waals surface area contributed by atoms with Gasteiger partial charge in [-0.1, -0.05) is 48.5 Å². The zero-order chi connectivity index (χ0) is 18.5. The molecule has 1 aliphatic heterocycles. The fraction of sp³-hybridized carbons (Fsp3) is 0.364. The molecule has 1 fully saturated rings. The summed E-state index contributed by atoms with van der Waals surface area (Å²) in [5, 5.41) is 8.68. The van der Waals surface area contributed by atoms with Crippen molar-refractivity contribution < 1.29 is 14.7 Å². The van der Waals surface area contributed by atoms with Crippen LogP contribution < -0.4 is 0 Å². The average molecular weight is 351 g/mol. The standard InChI is InChI=1S/C22H25NO3/c1-16(23-14-2-3-15-23)17-4-6-18(7-5-17)19-8-10-20(11-9-19)21(24)12-13-22(25)26/h4-11,16H,2-3,12-15H2,1H3,(H,25,26)/t16-/m0/s1. The van der Waals surface area contributed by atoms with Crippen molar-refractivity contribution in [3.05, 3.63) is 59.7 Å². The van der Waals surface area contributed by atoms with Crippen LogP contribution in [0.4, 0.5) is 0 Å². The minimum absolute atomic E-state index is 0.0394. The second-order valence-corrected chi connectivity index (χ2v) is 6.94. The van der Waals surface area contributed by atoms with Crippen LogP contribution in [-0.2, 0) is 4.79 Å². The molecule has 136 valence electrons. The number of ketones is 1. The van der Waals surface area contributed by atoms with E-state index in [-0.39, 0.29) is 18.6 Å². The zero-order valence-electron chi connectivity index (χ0n) is 15.1. The third-order valence-electron chi connectivity index (χ3n) is 5.19. The number of hydrogen-bond acceptors (Lipinski definition) is 3. The summed E-state index contributed by atoms with van der Waals surface area (Å²) < 4.78 is 0. The van der Waals surface area contributed by atoms with Crippen molar-refractivity contribution in [1.29, 1.82) is 0 Å². The van der Waals surface area contributed by atoms with Crippen LogP contribution >= 0.6 is 0 Å². The van der Waals surface area contributed by atoms with E-state index < -0.39 is 5.97 Å². The molecule has 0 saturated carbocycles. The van der Waals surface area contributed by atoms with E-state index in [1.54, 1.807) is 12.1 Å². The van der Waals surface area contributed by atoms with E-state index in [0.717, 1.165) is 11.1 Å². The van der Waals surface area contributed by atoms with E-state index in [0.29, 0.717) is 11.6 Å². The molecule has 0 unspecified atom stereocenters. The first-order valence-electron chi connectivity index (χ1n) is 9.24. The van der Waals surface area contributed by atoms with Gasteiger partial charge >= 0.3 is 5.97 Å². The van der Waals surface area contributed by atoms with Crippen molar-refractivity contribution in [3.63, 3.8) is 0 Å². The molecule has 0 amide bonds. The molecular weight excluding hydrogens is 326 g/mol. The minimum Gasteiger partial charge on any atom is -0.481 e. The third-order valence-corrected chi connectivity index (χ3v) is 5.19. The summed E-state index contributed by atoms with van der Waals surface area (Å²) in [5.74, 6) is -1.08. The number of aliphatic carboxylic acids is 1. The lowest BCUT2D eigenvalue weighted by Crippen LogP contribution is -2.23. The molecule has 26 heavy (non-hydrogen) atoms. The molecule has 0 radical (unpaired) electrons. The van der Waals surface area contributed by atoms with Gasteiger partial charge in [0, 0.05) is 18.0 Å². The lowest BCUT2D eigenvalue weighted by atomic mass is 9.98. The highest BCUT2D eigenvalue weighted by molar-refractivity contribution is 5.97. The topological polar surface area (TPSA) is 57.6 Å². The lowest BCUT2D eigenvalue weighted by Gasteiger charge is -2.24. The van der Waals surface area contributed by atoms with Crippen molar-refractivity contribution in [2.75, 3.05) is 13.1 Å². The molecule has 1 N–H and O–H groups in total. The van der Waals surface area contributed by atoms with Crippen molar-refractivity contribution >= 4 is 11.8 Å². The molecule has 0 spiro atoms. The first-order valence-corrected chi connectivity index (χ1v) is 9.24. The predicted molar refractivity (Wildman–Crippen MR) is 102 cm³/mol. The Bertz CT molecular complexity index is 759. The van der Waals surface area contributed by atoms with Crippen LogP contribution in [-0.4, -0.2) is 34.8 Å². The number of likely N-dealkylation sites (tertiary alicyclic amines) is 1. The molecule has 0 bridgehead atoms. The van der Waals surface area contributed by atoms with Gasteiger partial charge in [-0.05, 0) is 49.5 Å².